The van der Waals surface area contributed by atoms with E-state index in [1.807, 2.05) is 60.7 Å². The quantitative estimate of drug-likeness (QED) is 0.281. The SMILES string of the molecule is O=C(NCCc1ccc(Cl)cc1)C1=C(c2ccccc2)c2cc(Cl)ccc2N(Cc2ccccc2)S1(=O)=O. The molecule has 38 heavy (non-hydrogen) atoms. The minimum absolute atomic E-state index is 0.0709. The number of sulfonamides is 1. The van der Waals surface area contributed by atoms with Crippen LogP contribution in [-0.4, -0.2) is 20.9 Å². The van der Waals surface area contributed by atoms with Crippen LogP contribution in [-0.2, 0) is 27.8 Å². The zero-order valence-corrected chi connectivity index (χ0v) is 22.6. The third kappa shape index (κ3) is 5.34. The van der Waals surface area contributed by atoms with E-state index >= 15 is 0 Å². The Bertz CT molecular complexity index is 1600. The fraction of sp³-hybridized carbons (Fsp3) is 0.100. The van der Waals surface area contributed by atoms with Gasteiger partial charge in [-0.25, -0.2) is 8.42 Å². The molecule has 0 fully saturated rings. The molecular weight excluding hydrogens is 539 g/mol. The van der Waals surface area contributed by atoms with Crippen LogP contribution in [0.25, 0.3) is 5.57 Å². The van der Waals surface area contributed by atoms with Crippen LogP contribution in [0.15, 0.2) is 108 Å². The molecule has 1 aliphatic rings. The lowest BCUT2D eigenvalue weighted by Gasteiger charge is -2.33. The minimum Gasteiger partial charge on any atom is -0.351 e. The molecule has 192 valence electrons. The molecule has 0 radical (unpaired) electrons. The number of amides is 1. The molecule has 1 heterocycles. The number of hydrogen-bond donors (Lipinski definition) is 1. The summed E-state index contributed by atoms with van der Waals surface area (Å²) in [4.78, 5) is 13.4. The van der Waals surface area contributed by atoms with Gasteiger partial charge in [0, 0.05) is 27.7 Å². The average molecular weight is 564 g/mol. The Balaban J connectivity index is 1.61. The highest BCUT2D eigenvalue weighted by molar-refractivity contribution is 7.97. The van der Waals surface area contributed by atoms with Crippen molar-refractivity contribution < 1.29 is 13.2 Å². The number of anilines is 1. The number of benzene rings is 4. The molecular formula is C30H24Cl2N2O3S. The van der Waals surface area contributed by atoms with Crippen molar-refractivity contribution in [3.63, 3.8) is 0 Å². The van der Waals surface area contributed by atoms with E-state index in [2.05, 4.69) is 5.32 Å². The van der Waals surface area contributed by atoms with Crippen LogP contribution in [0, 0.1) is 0 Å². The van der Waals surface area contributed by atoms with Gasteiger partial charge in [0.05, 0.1) is 12.2 Å². The zero-order valence-electron chi connectivity index (χ0n) is 20.3. The fourth-order valence-electron chi connectivity index (χ4n) is 4.51. The van der Waals surface area contributed by atoms with Crippen LogP contribution in [0.5, 0.6) is 0 Å². The molecule has 5 rings (SSSR count). The van der Waals surface area contributed by atoms with Gasteiger partial charge in [0.25, 0.3) is 15.9 Å². The van der Waals surface area contributed by atoms with Crippen molar-refractivity contribution >= 4 is 50.4 Å². The first-order valence-electron chi connectivity index (χ1n) is 12.0. The maximum atomic E-state index is 14.2. The molecule has 8 heteroatoms. The maximum absolute atomic E-state index is 14.2. The fourth-order valence-corrected chi connectivity index (χ4v) is 6.56. The highest BCUT2D eigenvalue weighted by Crippen LogP contribution is 2.44. The summed E-state index contributed by atoms with van der Waals surface area (Å²) in [6, 6.07) is 30.7. The first-order valence-corrected chi connectivity index (χ1v) is 14.2. The Hall–Kier alpha value is -3.58. The molecule has 0 saturated heterocycles. The summed E-state index contributed by atoms with van der Waals surface area (Å²) < 4.78 is 29.7. The van der Waals surface area contributed by atoms with Gasteiger partial charge in [-0.15, -0.1) is 0 Å². The standard InChI is InChI=1S/C30H24Cl2N2O3S/c31-24-13-11-21(12-14-24)17-18-33-30(35)29-28(23-9-5-2-6-10-23)26-19-25(32)15-16-27(26)34(38(29,36)37)20-22-7-3-1-4-8-22/h1-16,19H,17-18,20H2,(H,33,35). The summed E-state index contributed by atoms with van der Waals surface area (Å²) in [7, 11) is -4.25. The molecule has 0 aliphatic carbocycles. The summed E-state index contributed by atoms with van der Waals surface area (Å²) in [5, 5.41) is 3.90. The number of hydrogen-bond acceptors (Lipinski definition) is 3. The second-order valence-electron chi connectivity index (χ2n) is 8.86. The van der Waals surface area contributed by atoms with Gasteiger partial charge in [0.15, 0.2) is 4.91 Å². The Morgan fingerprint density at radius 1 is 0.763 bits per heavy atom. The van der Waals surface area contributed by atoms with Gasteiger partial charge in [0.1, 0.15) is 0 Å². The van der Waals surface area contributed by atoms with Gasteiger partial charge in [-0.1, -0.05) is 96.0 Å². The average Bonchev–Trinajstić information content (AvgIpc) is 2.92. The van der Waals surface area contributed by atoms with Crippen molar-refractivity contribution in [1.29, 1.82) is 0 Å². The third-order valence-corrected chi connectivity index (χ3v) is 8.62. The van der Waals surface area contributed by atoms with E-state index in [0.29, 0.717) is 38.9 Å². The van der Waals surface area contributed by atoms with Crippen LogP contribution in [0.3, 0.4) is 0 Å². The van der Waals surface area contributed by atoms with E-state index in [1.54, 1.807) is 42.5 Å². The van der Waals surface area contributed by atoms with E-state index in [-0.39, 0.29) is 18.0 Å². The third-order valence-electron chi connectivity index (χ3n) is 6.32. The molecule has 0 bridgehead atoms. The Labute approximate surface area is 232 Å². The number of halogens is 2. The number of fused-ring (bicyclic) bond motifs is 1. The van der Waals surface area contributed by atoms with Gasteiger partial charge >= 0.3 is 0 Å². The Morgan fingerprint density at radius 2 is 1.39 bits per heavy atom. The topological polar surface area (TPSA) is 66.5 Å². The second-order valence-corrected chi connectivity index (χ2v) is 11.5. The highest BCUT2D eigenvalue weighted by atomic mass is 35.5. The molecule has 0 unspecified atom stereocenters. The summed E-state index contributed by atoms with van der Waals surface area (Å²) in [6.45, 7) is 0.323. The van der Waals surface area contributed by atoms with Crippen molar-refractivity contribution in [1.82, 2.24) is 5.32 Å². The second kappa shape index (κ2) is 11.0. The number of carbonyl (C=O) groups is 1. The van der Waals surface area contributed by atoms with E-state index in [4.69, 9.17) is 23.2 Å². The first-order chi connectivity index (χ1) is 18.3. The molecule has 0 saturated carbocycles. The van der Waals surface area contributed by atoms with Crippen LogP contribution in [0.2, 0.25) is 10.0 Å². The van der Waals surface area contributed by atoms with Gasteiger partial charge in [-0.05, 0) is 53.4 Å². The van der Waals surface area contributed by atoms with E-state index < -0.39 is 15.9 Å². The van der Waals surface area contributed by atoms with E-state index in [0.717, 1.165) is 11.1 Å². The van der Waals surface area contributed by atoms with Crippen molar-refractivity contribution in [3.05, 3.63) is 140 Å². The highest BCUT2D eigenvalue weighted by Gasteiger charge is 2.41. The molecule has 1 N–H and O–H groups in total. The van der Waals surface area contributed by atoms with Crippen LogP contribution in [0.1, 0.15) is 22.3 Å². The Kier molecular flexibility index (Phi) is 7.56. The minimum atomic E-state index is -4.25. The molecule has 4 aromatic carbocycles. The summed E-state index contributed by atoms with van der Waals surface area (Å²) in [5.41, 5.74) is 3.76. The molecule has 1 aliphatic heterocycles. The van der Waals surface area contributed by atoms with Crippen molar-refractivity contribution in [2.45, 2.75) is 13.0 Å². The van der Waals surface area contributed by atoms with Crippen LogP contribution >= 0.6 is 23.2 Å². The lowest BCUT2D eigenvalue weighted by atomic mass is 9.95. The number of rotatable bonds is 7. The summed E-state index contributed by atoms with van der Waals surface area (Å²) in [6.07, 6.45) is 0.521. The van der Waals surface area contributed by atoms with Gasteiger partial charge in [-0.3, -0.25) is 9.10 Å². The molecule has 0 atom stereocenters. The predicted octanol–water partition coefficient (Wildman–Crippen LogP) is 6.46. The monoisotopic (exact) mass is 562 g/mol. The normalized spacial score (nSPS) is 14.2. The smallest absolute Gasteiger partial charge is 0.270 e. The predicted molar refractivity (Wildman–Crippen MR) is 154 cm³/mol. The van der Waals surface area contributed by atoms with Gasteiger partial charge < -0.3 is 5.32 Å². The van der Waals surface area contributed by atoms with Gasteiger partial charge in [-0.2, -0.15) is 0 Å². The van der Waals surface area contributed by atoms with Gasteiger partial charge in [0.2, 0.25) is 0 Å². The van der Waals surface area contributed by atoms with Crippen molar-refractivity contribution in [3.8, 4) is 0 Å². The first kappa shape index (κ1) is 26.0. The summed E-state index contributed by atoms with van der Waals surface area (Å²) >= 11 is 12.4. The molecule has 5 nitrogen and oxygen atoms in total. The van der Waals surface area contributed by atoms with Crippen LogP contribution < -0.4 is 9.62 Å². The molecule has 4 aromatic rings. The number of nitrogens with one attached hydrogen (secondary N) is 1. The maximum Gasteiger partial charge on any atom is 0.270 e. The lowest BCUT2D eigenvalue weighted by Crippen LogP contribution is -2.41. The Morgan fingerprint density at radius 3 is 2.08 bits per heavy atom. The molecule has 0 spiro atoms. The molecule has 1 amide bonds. The summed E-state index contributed by atoms with van der Waals surface area (Å²) in [5.74, 6) is -0.665. The van der Waals surface area contributed by atoms with Crippen molar-refractivity contribution in [2.75, 3.05) is 10.8 Å². The lowest BCUT2D eigenvalue weighted by molar-refractivity contribution is -0.116. The molecule has 0 aromatic heterocycles. The van der Waals surface area contributed by atoms with E-state index in [1.165, 1.54) is 4.31 Å². The van der Waals surface area contributed by atoms with E-state index in [9.17, 15) is 13.2 Å². The number of nitrogens with zero attached hydrogens (tertiary/aromatic N) is 1. The number of carbonyl (C=O) groups excluding carboxylic acids is 1. The van der Waals surface area contributed by atoms with Crippen molar-refractivity contribution in [2.24, 2.45) is 0 Å². The largest absolute Gasteiger partial charge is 0.351 e. The zero-order chi connectivity index (χ0) is 26.7. The van der Waals surface area contributed by atoms with Crippen LogP contribution in [0.4, 0.5) is 5.69 Å².